The SMILES string of the molecule is O=C(Nc1ccc(C(F)(F)F)c(Cl)c1)N1CC=C(c2ncc(C(O)C3CC=CO3)cc2Cl)CC1. The molecule has 6 nitrogen and oxygen atoms in total. The number of ether oxygens (including phenoxy) is 1. The molecular weight excluding hydrogens is 494 g/mol. The van der Waals surface area contributed by atoms with Gasteiger partial charge in [-0.15, -0.1) is 0 Å². The summed E-state index contributed by atoms with van der Waals surface area (Å²) in [6.45, 7) is 0.621. The van der Waals surface area contributed by atoms with E-state index in [-0.39, 0.29) is 18.3 Å². The smallest absolute Gasteiger partial charge is 0.417 e. The fraction of sp³-hybridized carbons (Fsp3) is 0.304. The molecule has 0 saturated heterocycles. The van der Waals surface area contributed by atoms with E-state index in [9.17, 15) is 23.1 Å². The highest BCUT2D eigenvalue weighted by Crippen LogP contribution is 2.36. The lowest BCUT2D eigenvalue weighted by molar-refractivity contribution is -0.137. The Bertz CT molecular complexity index is 1150. The molecule has 0 radical (unpaired) electrons. The van der Waals surface area contributed by atoms with Gasteiger partial charge in [-0.05, 0) is 42.3 Å². The summed E-state index contributed by atoms with van der Waals surface area (Å²) >= 11 is 12.1. The Kier molecular flexibility index (Phi) is 7.06. The molecule has 11 heteroatoms. The fourth-order valence-corrected chi connectivity index (χ4v) is 4.35. The van der Waals surface area contributed by atoms with Crippen molar-refractivity contribution in [1.82, 2.24) is 9.88 Å². The number of carbonyl (C=O) groups is 1. The molecule has 0 spiro atoms. The first-order valence-corrected chi connectivity index (χ1v) is 11.1. The van der Waals surface area contributed by atoms with Crippen LogP contribution in [0.2, 0.25) is 10.0 Å². The molecule has 2 aliphatic heterocycles. The lowest BCUT2D eigenvalue weighted by Gasteiger charge is -2.27. The number of nitrogens with zero attached hydrogens (tertiary/aromatic N) is 2. The molecule has 0 saturated carbocycles. The Morgan fingerprint density at radius 3 is 2.65 bits per heavy atom. The Hall–Kier alpha value is -2.75. The molecule has 2 unspecified atom stereocenters. The maximum atomic E-state index is 12.8. The maximum Gasteiger partial charge on any atom is 0.417 e. The van der Waals surface area contributed by atoms with Crippen molar-refractivity contribution in [3.05, 3.63) is 75.7 Å². The number of nitrogens with one attached hydrogen (secondary N) is 1. The minimum atomic E-state index is -4.57. The van der Waals surface area contributed by atoms with E-state index >= 15 is 0 Å². The predicted molar refractivity (Wildman–Crippen MR) is 122 cm³/mol. The number of alkyl halides is 3. The maximum absolute atomic E-state index is 12.8. The summed E-state index contributed by atoms with van der Waals surface area (Å²) < 4.78 is 43.9. The fourth-order valence-electron chi connectivity index (χ4n) is 3.76. The number of urea groups is 1. The first-order chi connectivity index (χ1) is 16.1. The summed E-state index contributed by atoms with van der Waals surface area (Å²) in [5, 5.41) is 12.9. The standard InChI is InChI=1S/C23H20Cl2F3N3O3/c24-17-11-15(3-4-16(17)23(26,27)28)30-22(33)31-7-5-13(6-8-31)20-18(25)10-14(12-29-20)21(32)19-2-1-9-34-19/h1,3-5,9-12,19,21,32H,2,6-8H2,(H,30,33). The third-order valence-electron chi connectivity index (χ3n) is 5.60. The monoisotopic (exact) mass is 513 g/mol. The van der Waals surface area contributed by atoms with E-state index in [0.717, 1.165) is 23.8 Å². The predicted octanol–water partition coefficient (Wildman–Crippen LogP) is 6.06. The van der Waals surface area contributed by atoms with Gasteiger partial charge in [0.2, 0.25) is 0 Å². The van der Waals surface area contributed by atoms with Gasteiger partial charge >= 0.3 is 12.2 Å². The van der Waals surface area contributed by atoms with E-state index in [2.05, 4.69) is 10.3 Å². The Morgan fingerprint density at radius 1 is 1.26 bits per heavy atom. The van der Waals surface area contributed by atoms with Crippen LogP contribution < -0.4 is 5.32 Å². The number of amides is 2. The molecule has 1 aromatic carbocycles. The summed E-state index contributed by atoms with van der Waals surface area (Å²) in [5.74, 6) is 0. The van der Waals surface area contributed by atoms with E-state index in [0.29, 0.717) is 35.7 Å². The van der Waals surface area contributed by atoms with Crippen molar-refractivity contribution in [2.45, 2.75) is 31.2 Å². The van der Waals surface area contributed by atoms with Gasteiger partial charge in [-0.1, -0.05) is 29.3 Å². The topological polar surface area (TPSA) is 74.7 Å². The Balaban J connectivity index is 1.39. The molecule has 0 bridgehead atoms. The lowest BCUT2D eigenvalue weighted by atomic mass is 10.0. The molecular formula is C23H20Cl2F3N3O3. The molecule has 2 aromatic rings. The molecule has 4 rings (SSSR count). The minimum Gasteiger partial charge on any atom is -0.495 e. The van der Waals surface area contributed by atoms with Crippen LogP contribution in [0, 0.1) is 0 Å². The van der Waals surface area contributed by atoms with E-state index in [1.807, 2.05) is 12.2 Å². The van der Waals surface area contributed by atoms with Crippen LogP contribution in [0.3, 0.4) is 0 Å². The molecule has 2 N–H and O–H groups in total. The summed E-state index contributed by atoms with van der Waals surface area (Å²) in [6, 6.07) is 4.25. The summed E-state index contributed by atoms with van der Waals surface area (Å²) in [6.07, 6.45) is 2.04. The second-order valence-corrected chi connectivity index (χ2v) is 8.69. The van der Waals surface area contributed by atoms with E-state index in [4.69, 9.17) is 27.9 Å². The van der Waals surface area contributed by atoms with Crippen LogP contribution in [-0.2, 0) is 10.9 Å². The van der Waals surface area contributed by atoms with Crippen LogP contribution in [0.25, 0.3) is 5.57 Å². The zero-order chi connectivity index (χ0) is 24.5. The summed E-state index contributed by atoms with van der Waals surface area (Å²) in [7, 11) is 0. The van der Waals surface area contributed by atoms with Gasteiger partial charge in [-0.2, -0.15) is 13.2 Å². The third-order valence-corrected chi connectivity index (χ3v) is 6.20. The molecule has 0 aliphatic carbocycles. The molecule has 180 valence electrons. The lowest BCUT2D eigenvalue weighted by Crippen LogP contribution is -2.38. The molecule has 3 heterocycles. The van der Waals surface area contributed by atoms with Crippen molar-refractivity contribution in [3.8, 4) is 0 Å². The zero-order valence-electron chi connectivity index (χ0n) is 17.6. The first kappa shape index (κ1) is 24.4. The van der Waals surface area contributed by atoms with Crippen molar-refractivity contribution in [1.29, 1.82) is 0 Å². The number of rotatable bonds is 4. The van der Waals surface area contributed by atoms with Gasteiger partial charge in [-0.3, -0.25) is 4.98 Å². The van der Waals surface area contributed by atoms with Crippen molar-refractivity contribution in [3.63, 3.8) is 0 Å². The largest absolute Gasteiger partial charge is 0.495 e. The normalized spacial score (nSPS) is 18.9. The van der Waals surface area contributed by atoms with Crippen molar-refractivity contribution in [2.24, 2.45) is 0 Å². The van der Waals surface area contributed by atoms with Gasteiger partial charge in [0.15, 0.2) is 0 Å². The van der Waals surface area contributed by atoms with Crippen LogP contribution >= 0.6 is 23.2 Å². The van der Waals surface area contributed by atoms with Crippen molar-refractivity contribution in [2.75, 3.05) is 18.4 Å². The molecule has 2 aliphatic rings. The number of halogens is 5. The zero-order valence-corrected chi connectivity index (χ0v) is 19.2. The average Bonchev–Trinajstić information content (AvgIpc) is 3.33. The number of hydrogen-bond acceptors (Lipinski definition) is 4. The van der Waals surface area contributed by atoms with E-state index < -0.39 is 28.9 Å². The number of hydrogen-bond donors (Lipinski definition) is 2. The van der Waals surface area contributed by atoms with Crippen LogP contribution in [-0.4, -0.2) is 40.2 Å². The number of aromatic nitrogens is 1. The molecule has 1 aromatic heterocycles. The first-order valence-electron chi connectivity index (χ1n) is 10.4. The second-order valence-electron chi connectivity index (χ2n) is 7.87. The average molecular weight is 514 g/mol. The van der Waals surface area contributed by atoms with Gasteiger partial charge in [-0.25, -0.2) is 4.79 Å². The third kappa shape index (κ3) is 5.32. The number of benzene rings is 1. The number of anilines is 1. The molecule has 34 heavy (non-hydrogen) atoms. The highest BCUT2D eigenvalue weighted by atomic mass is 35.5. The van der Waals surface area contributed by atoms with Gasteiger partial charge in [0.05, 0.1) is 27.6 Å². The number of aliphatic hydroxyl groups is 1. The quantitative estimate of drug-likeness (QED) is 0.520. The van der Waals surface area contributed by atoms with Gasteiger partial charge in [0.25, 0.3) is 0 Å². The molecule has 2 atom stereocenters. The van der Waals surface area contributed by atoms with E-state index in [1.165, 1.54) is 4.90 Å². The highest BCUT2D eigenvalue weighted by Gasteiger charge is 2.33. The Morgan fingerprint density at radius 2 is 2.06 bits per heavy atom. The number of pyridine rings is 1. The van der Waals surface area contributed by atoms with Crippen molar-refractivity contribution >= 4 is 40.5 Å². The van der Waals surface area contributed by atoms with Gasteiger partial charge in [0, 0.05) is 37.0 Å². The number of aliphatic hydroxyl groups excluding tert-OH is 1. The van der Waals surface area contributed by atoms with Crippen LogP contribution in [0.15, 0.2) is 48.9 Å². The van der Waals surface area contributed by atoms with Gasteiger partial charge in [0.1, 0.15) is 12.2 Å². The molecule has 0 fully saturated rings. The van der Waals surface area contributed by atoms with Crippen LogP contribution in [0.5, 0.6) is 0 Å². The minimum absolute atomic E-state index is 0.165. The molecule has 2 amide bonds. The number of carbonyl (C=O) groups excluding carboxylic acids is 1. The van der Waals surface area contributed by atoms with Crippen molar-refractivity contribution < 1.29 is 27.8 Å². The second kappa shape index (κ2) is 9.85. The summed E-state index contributed by atoms with van der Waals surface area (Å²) in [5.41, 5.74) is 1.17. The highest BCUT2D eigenvalue weighted by molar-refractivity contribution is 6.32. The van der Waals surface area contributed by atoms with Crippen LogP contribution in [0.1, 0.15) is 35.8 Å². The van der Waals surface area contributed by atoms with Crippen LogP contribution in [0.4, 0.5) is 23.7 Å². The summed E-state index contributed by atoms with van der Waals surface area (Å²) in [4.78, 5) is 18.5. The Labute approximate surface area is 203 Å². The van der Waals surface area contributed by atoms with Gasteiger partial charge < -0.3 is 20.1 Å². The van der Waals surface area contributed by atoms with E-state index in [1.54, 1.807) is 18.5 Å².